The van der Waals surface area contributed by atoms with Gasteiger partial charge in [-0.1, -0.05) is 0 Å². The van der Waals surface area contributed by atoms with Crippen molar-refractivity contribution in [2.75, 3.05) is 59.3 Å². The number of rotatable bonds is 10. The fraction of sp³-hybridized carbons (Fsp3) is 0.560. The van der Waals surface area contributed by atoms with Crippen LogP contribution in [0.15, 0.2) is 24.3 Å². The van der Waals surface area contributed by atoms with Gasteiger partial charge in [0.05, 0.1) is 19.7 Å². The van der Waals surface area contributed by atoms with Gasteiger partial charge >= 0.3 is 18.0 Å². The van der Waals surface area contributed by atoms with E-state index in [1.54, 1.807) is 41.0 Å². The molecule has 2 saturated heterocycles. The van der Waals surface area contributed by atoms with Crippen LogP contribution in [0.3, 0.4) is 0 Å². The van der Waals surface area contributed by atoms with E-state index in [1.165, 1.54) is 6.92 Å². The van der Waals surface area contributed by atoms with Crippen LogP contribution in [0, 0.1) is 0 Å². The molecule has 0 unspecified atom stereocenters. The average molecular weight is 520 g/mol. The molecule has 12 heteroatoms. The predicted molar refractivity (Wildman–Crippen MR) is 129 cm³/mol. The van der Waals surface area contributed by atoms with E-state index in [1.807, 2.05) is 0 Å². The molecule has 12 nitrogen and oxygen atoms in total. The zero-order chi connectivity index (χ0) is 26.8. The Morgan fingerprint density at radius 2 is 1.65 bits per heavy atom. The third-order valence-electron chi connectivity index (χ3n) is 6.20. The van der Waals surface area contributed by atoms with Gasteiger partial charge in [-0.2, -0.15) is 0 Å². The predicted octanol–water partition coefficient (Wildman–Crippen LogP) is 1.08. The molecule has 0 aliphatic carbocycles. The second-order valence-electron chi connectivity index (χ2n) is 8.71. The normalized spacial score (nSPS) is 16.8. The van der Waals surface area contributed by atoms with Gasteiger partial charge in [-0.3, -0.25) is 19.3 Å². The van der Waals surface area contributed by atoms with E-state index in [4.69, 9.17) is 14.2 Å². The van der Waals surface area contributed by atoms with Crippen LogP contribution in [0.1, 0.15) is 37.0 Å². The van der Waals surface area contributed by atoms with Gasteiger partial charge in [0.15, 0.2) is 12.4 Å². The zero-order valence-corrected chi connectivity index (χ0v) is 21.2. The highest BCUT2D eigenvalue weighted by molar-refractivity contribution is 5.99. The highest BCUT2D eigenvalue weighted by atomic mass is 16.7. The van der Waals surface area contributed by atoms with Crippen molar-refractivity contribution >= 4 is 29.7 Å². The standard InChI is InChI=1S/C25H33N3O9/c1-3-34-24(32)16-35-21-6-4-19(5-7-21)22(30)14-28-13-12-27(15-23(28)31)20-8-10-26(11-9-20)25(33)37-17-36-18(2)29/h4-7,20H,3,8-17H2,1-2H3. The number of carbonyl (C=O) groups is 5. The number of benzene rings is 1. The molecule has 202 valence electrons. The Morgan fingerprint density at radius 1 is 0.946 bits per heavy atom. The molecule has 0 atom stereocenters. The highest BCUT2D eigenvalue weighted by Crippen LogP contribution is 2.20. The summed E-state index contributed by atoms with van der Waals surface area (Å²) < 4.78 is 19.7. The molecule has 2 amide bonds. The second-order valence-corrected chi connectivity index (χ2v) is 8.71. The summed E-state index contributed by atoms with van der Waals surface area (Å²) in [6, 6.07) is 6.57. The second kappa shape index (κ2) is 13.6. The molecule has 0 saturated carbocycles. The van der Waals surface area contributed by atoms with E-state index >= 15 is 0 Å². The van der Waals surface area contributed by atoms with Crippen LogP contribution in [0.2, 0.25) is 0 Å². The minimum atomic E-state index is -0.530. The van der Waals surface area contributed by atoms with Gasteiger partial charge in [0, 0.05) is 44.7 Å². The maximum Gasteiger partial charge on any atom is 0.412 e. The van der Waals surface area contributed by atoms with Crippen LogP contribution in [0.4, 0.5) is 4.79 Å². The van der Waals surface area contributed by atoms with Crippen LogP contribution in [-0.4, -0.2) is 110 Å². The van der Waals surface area contributed by atoms with Gasteiger partial charge < -0.3 is 28.7 Å². The van der Waals surface area contributed by atoms with Crippen molar-refractivity contribution in [3.63, 3.8) is 0 Å². The molecule has 2 aliphatic heterocycles. The van der Waals surface area contributed by atoms with Crippen molar-refractivity contribution in [1.82, 2.24) is 14.7 Å². The lowest BCUT2D eigenvalue weighted by molar-refractivity contribution is -0.150. The number of esters is 2. The highest BCUT2D eigenvalue weighted by Gasteiger charge is 2.33. The van der Waals surface area contributed by atoms with E-state index < -0.39 is 24.8 Å². The third kappa shape index (κ3) is 8.45. The number of Topliss-reactive ketones (excluding diaryl/α,β-unsaturated/α-hetero) is 1. The van der Waals surface area contributed by atoms with Crippen molar-refractivity contribution in [3.8, 4) is 5.75 Å². The van der Waals surface area contributed by atoms with E-state index in [0.717, 1.165) is 0 Å². The fourth-order valence-corrected chi connectivity index (χ4v) is 4.22. The molecule has 2 aliphatic rings. The summed E-state index contributed by atoms with van der Waals surface area (Å²) in [5.41, 5.74) is 0.451. The monoisotopic (exact) mass is 519 g/mol. The van der Waals surface area contributed by atoms with Gasteiger partial charge in [-0.05, 0) is 44.0 Å². The quantitative estimate of drug-likeness (QED) is 0.251. The maximum absolute atomic E-state index is 12.8. The molecule has 0 spiro atoms. The Morgan fingerprint density at radius 3 is 2.27 bits per heavy atom. The molecule has 0 N–H and O–H groups in total. The number of ether oxygens (including phenoxy) is 4. The fourth-order valence-electron chi connectivity index (χ4n) is 4.22. The molecule has 1 aromatic rings. The topological polar surface area (TPSA) is 132 Å². The summed E-state index contributed by atoms with van der Waals surface area (Å²) in [5, 5.41) is 0. The summed E-state index contributed by atoms with van der Waals surface area (Å²) in [4.78, 5) is 64.9. The summed E-state index contributed by atoms with van der Waals surface area (Å²) in [7, 11) is 0. The number of nitrogens with zero attached hydrogens (tertiary/aromatic N) is 3. The van der Waals surface area contributed by atoms with Crippen molar-refractivity contribution < 1.29 is 42.9 Å². The largest absolute Gasteiger partial charge is 0.482 e. The van der Waals surface area contributed by atoms with Crippen LogP contribution in [0.5, 0.6) is 5.75 Å². The van der Waals surface area contributed by atoms with Gasteiger partial charge in [-0.15, -0.1) is 0 Å². The van der Waals surface area contributed by atoms with E-state index in [2.05, 4.69) is 9.64 Å². The number of piperidine rings is 1. The lowest BCUT2D eigenvalue weighted by atomic mass is 10.0. The van der Waals surface area contributed by atoms with Gasteiger partial charge in [-0.25, -0.2) is 9.59 Å². The summed E-state index contributed by atoms with van der Waals surface area (Å²) >= 11 is 0. The Balaban J connectivity index is 1.40. The van der Waals surface area contributed by atoms with Gasteiger partial charge in [0.1, 0.15) is 5.75 Å². The number of hydrogen-bond acceptors (Lipinski definition) is 10. The smallest absolute Gasteiger partial charge is 0.412 e. The van der Waals surface area contributed by atoms with Crippen molar-refractivity contribution in [2.45, 2.75) is 32.7 Å². The molecule has 37 heavy (non-hydrogen) atoms. The number of likely N-dealkylation sites (tertiary alicyclic amines) is 1. The Labute approximate surface area is 215 Å². The Kier molecular flexibility index (Phi) is 10.2. The van der Waals surface area contributed by atoms with E-state index in [0.29, 0.717) is 50.3 Å². The number of carbonyl (C=O) groups excluding carboxylic acids is 5. The molecular formula is C25H33N3O9. The number of ketones is 1. The van der Waals surface area contributed by atoms with Crippen LogP contribution < -0.4 is 4.74 Å². The Bertz CT molecular complexity index is 974. The van der Waals surface area contributed by atoms with Crippen LogP contribution >= 0.6 is 0 Å². The zero-order valence-electron chi connectivity index (χ0n) is 21.2. The number of amides is 2. The lowest BCUT2D eigenvalue weighted by Gasteiger charge is -2.41. The Hall–Kier alpha value is -3.67. The maximum atomic E-state index is 12.8. The molecule has 0 aromatic heterocycles. The molecule has 2 fully saturated rings. The molecule has 0 radical (unpaired) electrons. The third-order valence-corrected chi connectivity index (χ3v) is 6.20. The first-order valence-electron chi connectivity index (χ1n) is 12.3. The van der Waals surface area contributed by atoms with Gasteiger partial charge in [0.2, 0.25) is 12.7 Å². The number of piperazine rings is 1. The van der Waals surface area contributed by atoms with E-state index in [-0.39, 0.29) is 44.0 Å². The molecule has 0 bridgehead atoms. The van der Waals surface area contributed by atoms with Crippen LogP contribution in [0.25, 0.3) is 0 Å². The summed E-state index contributed by atoms with van der Waals surface area (Å²) in [5.74, 6) is -0.841. The van der Waals surface area contributed by atoms with Crippen LogP contribution in [-0.2, 0) is 28.6 Å². The van der Waals surface area contributed by atoms with Crippen molar-refractivity contribution in [2.24, 2.45) is 0 Å². The summed E-state index contributed by atoms with van der Waals surface area (Å²) in [6.45, 7) is 4.86. The summed E-state index contributed by atoms with van der Waals surface area (Å²) in [6.07, 6.45) is 0.858. The van der Waals surface area contributed by atoms with Crippen molar-refractivity contribution in [3.05, 3.63) is 29.8 Å². The number of hydrogen-bond donors (Lipinski definition) is 0. The minimum absolute atomic E-state index is 0.0116. The molecule has 3 rings (SSSR count). The van der Waals surface area contributed by atoms with Gasteiger partial charge in [0.25, 0.3) is 0 Å². The minimum Gasteiger partial charge on any atom is -0.482 e. The molecule has 2 heterocycles. The molecular weight excluding hydrogens is 486 g/mol. The SMILES string of the molecule is CCOC(=O)COc1ccc(C(=O)CN2CCN(C3CCN(C(=O)OCOC(C)=O)CC3)CC2=O)cc1. The lowest BCUT2D eigenvalue weighted by Crippen LogP contribution is -2.56. The van der Waals surface area contributed by atoms with Crippen molar-refractivity contribution in [1.29, 1.82) is 0 Å². The first-order valence-corrected chi connectivity index (χ1v) is 12.3. The van der Waals surface area contributed by atoms with E-state index in [9.17, 15) is 24.0 Å². The first kappa shape index (κ1) is 27.9. The first-order chi connectivity index (χ1) is 17.8. The average Bonchev–Trinajstić information content (AvgIpc) is 2.89. The molecule has 1 aromatic carbocycles.